The van der Waals surface area contributed by atoms with Gasteiger partial charge < -0.3 is 5.11 Å². The van der Waals surface area contributed by atoms with Gasteiger partial charge in [-0.3, -0.25) is 0 Å². The minimum atomic E-state index is 0. The molecule has 1 N–H and O–H groups in total. The first-order valence-electron chi connectivity index (χ1n) is 28.2. The Morgan fingerprint density at radius 1 is 0.254 bits per heavy atom. The second-order valence-electron chi connectivity index (χ2n) is 20.7. The van der Waals surface area contributed by atoms with Gasteiger partial charge in [0, 0.05) is 6.61 Å². The van der Waals surface area contributed by atoms with Gasteiger partial charge in [-0.2, -0.15) is 0 Å². The summed E-state index contributed by atoms with van der Waals surface area (Å²) in [5, 5.41) is 10.4. The zero-order valence-corrected chi connectivity index (χ0v) is 41.5. The van der Waals surface area contributed by atoms with Gasteiger partial charge in [0.05, 0.1) is 0 Å². The second-order valence-corrected chi connectivity index (χ2v) is 20.7. The van der Waals surface area contributed by atoms with Gasteiger partial charge in [-0.15, -0.1) is 0 Å². The molecule has 0 aromatic rings. The molecule has 2 atom stereocenters. The van der Waals surface area contributed by atoms with E-state index in [9.17, 15) is 5.11 Å². The summed E-state index contributed by atoms with van der Waals surface area (Å²) in [5.74, 6) is 4.27. The van der Waals surface area contributed by atoms with Gasteiger partial charge >= 0.3 is 0 Å². The van der Waals surface area contributed by atoms with Crippen molar-refractivity contribution in [3.63, 3.8) is 0 Å². The average Bonchev–Trinajstić information content (AvgIpc) is 3.23. The molecule has 0 spiro atoms. The standard InChI is InChI=1S/C57H114O.H4Si/c1-6-11-16-19-28-33-38-45-53-54(46-39-34-29-20-17-12-7-2)56(55(53)47-40-35-30-21-18-13-8-3)48-41-36-31-26-24-22-23-25-27-32-37-44-51-57(52-58,49-42-14-9-4)50-43-15-10-5;/h53-56,58H,6-52H2,1-5H3;1H4. The summed E-state index contributed by atoms with van der Waals surface area (Å²) in [6, 6.07) is 0. The molecule has 0 aliphatic heterocycles. The first kappa shape index (κ1) is 59.2. The number of aliphatic hydroxyl groups excluding tert-OH is 1. The molecular weight excluding hydrogens is 729 g/mol. The average molecular weight is 848 g/mol. The lowest BCUT2D eigenvalue weighted by Crippen LogP contribution is -2.46. The van der Waals surface area contributed by atoms with Gasteiger partial charge in [-0.25, -0.2) is 0 Å². The van der Waals surface area contributed by atoms with E-state index in [0.717, 1.165) is 23.7 Å². The maximum Gasteiger partial charge on any atom is 0.0487 e. The minimum absolute atomic E-state index is 0. The van der Waals surface area contributed by atoms with Gasteiger partial charge in [0.1, 0.15) is 0 Å². The molecule has 0 saturated heterocycles. The van der Waals surface area contributed by atoms with Gasteiger partial charge in [-0.05, 0) is 85.0 Å². The molecule has 1 fully saturated rings. The molecule has 0 heterocycles. The van der Waals surface area contributed by atoms with E-state index >= 15 is 0 Å². The number of aliphatic hydroxyl groups is 1. The van der Waals surface area contributed by atoms with Crippen LogP contribution in [-0.4, -0.2) is 22.7 Å². The zero-order chi connectivity index (χ0) is 42.0. The van der Waals surface area contributed by atoms with Crippen LogP contribution in [0.2, 0.25) is 0 Å². The van der Waals surface area contributed by atoms with Crippen LogP contribution in [0, 0.1) is 29.1 Å². The lowest BCUT2D eigenvalue weighted by molar-refractivity contribution is -0.0486. The van der Waals surface area contributed by atoms with Crippen molar-refractivity contribution in [1.82, 2.24) is 0 Å². The van der Waals surface area contributed by atoms with Crippen LogP contribution in [0.15, 0.2) is 0 Å². The highest BCUT2D eigenvalue weighted by Gasteiger charge is 2.47. The van der Waals surface area contributed by atoms with E-state index in [1.165, 1.54) is 270 Å². The van der Waals surface area contributed by atoms with Crippen molar-refractivity contribution < 1.29 is 5.11 Å². The topological polar surface area (TPSA) is 20.2 Å². The fourth-order valence-corrected chi connectivity index (χ4v) is 11.6. The quantitative estimate of drug-likeness (QED) is 0.0478. The van der Waals surface area contributed by atoms with Crippen molar-refractivity contribution in [1.29, 1.82) is 0 Å². The lowest BCUT2D eigenvalue weighted by atomic mass is 9.51. The maximum atomic E-state index is 10.4. The summed E-state index contributed by atoms with van der Waals surface area (Å²) in [7, 11) is 0. The number of hydrogen-bond donors (Lipinski definition) is 1. The van der Waals surface area contributed by atoms with Crippen LogP contribution >= 0.6 is 0 Å². The Morgan fingerprint density at radius 2 is 0.424 bits per heavy atom. The van der Waals surface area contributed by atoms with Crippen molar-refractivity contribution in [2.75, 3.05) is 6.61 Å². The first-order valence-corrected chi connectivity index (χ1v) is 28.2. The number of rotatable bonds is 48. The lowest BCUT2D eigenvalue weighted by Gasteiger charge is -2.54. The highest BCUT2D eigenvalue weighted by Crippen LogP contribution is 2.55. The van der Waals surface area contributed by atoms with Crippen molar-refractivity contribution in [3.05, 3.63) is 0 Å². The van der Waals surface area contributed by atoms with E-state index < -0.39 is 0 Å². The Labute approximate surface area is 380 Å². The van der Waals surface area contributed by atoms with Crippen molar-refractivity contribution in [3.8, 4) is 0 Å². The molecule has 0 aromatic carbocycles. The monoisotopic (exact) mass is 847 g/mol. The van der Waals surface area contributed by atoms with E-state index in [2.05, 4.69) is 34.6 Å². The Bertz CT molecular complexity index is 760. The fraction of sp³-hybridized carbons (Fsp3) is 1.00. The maximum absolute atomic E-state index is 10.4. The molecule has 2 heteroatoms. The van der Waals surface area contributed by atoms with E-state index in [1.807, 2.05) is 0 Å². The Balaban J connectivity index is 0.0000336. The normalized spacial score (nSPS) is 18.0. The molecule has 1 aliphatic carbocycles. The smallest absolute Gasteiger partial charge is 0.0487 e. The molecular formula is C57H118OSi. The van der Waals surface area contributed by atoms with Crippen LogP contribution in [0.4, 0.5) is 0 Å². The van der Waals surface area contributed by atoms with Gasteiger partial charge in [0.2, 0.25) is 0 Å². The number of unbranched alkanes of at least 4 members (excludes halogenated alkanes) is 33. The molecule has 1 saturated carbocycles. The van der Waals surface area contributed by atoms with Gasteiger partial charge in [0.15, 0.2) is 0 Å². The molecule has 0 bridgehead atoms. The summed E-state index contributed by atoms with van der Waals surface area (Å²) in [6.45, 7) is 12.1. The Kier molecular flexibility index (Phi) is 44.9. The molecule has 356 valence electrons. The van der Waals surface area contributed by atoms with Crippen molar-refractivity contribution >= 4 is 11.0 Å². The number of hydrogen-bond acceptors (Lipinski definition) is 1. The zero-order valence-electron chi connectivity index (χ0n) is 41.5. The minimum Gasteiger partial charge on any atom is -0.396 e. The third-order valence-electron chi connectivity index (χ3n) is 15.6. The van der Waals surface area contributed by atoms with E-state index in [1.54, 1.807) is 25.7 Å². The Hall–Kier alpha value is 0.177. The van der Waals surface area contributed by atoms with Crippen LogP contribution in [0.25, 0.3) is 0 Å². The summed E-state index contributed by atoms with van der Waals surface area (Å²) in [4.78, 5) is 0. The Morgan fingerprint density at radius 3 is 0.644 bits per heavy atom. The summed E-state index contributed by atoms with van der Waals surface area (Å²) in [6.07, 6.45) is 66.1. The van der Waals surface area contributed by atoms with Crippen LogP contribution in [0.1, 0.15) is 330 Å². The van der Waals surface area contributed by atoms with Crippen LogP contribution in [0.5, 0.6) is 0 Å². The first-order chi connectivity index (χ1) is 28.6. The molecule has 0 radical (unpaired) electrons. The molecule has 1 aliphatic rings. The van der Waals surface area contributed by atoms with E-state index in [-0.39, 0.29) is 16.4 Å². The molecule has 59 heavy (non-hydrogen) atoms. The largest absolute Gasteiger partial charge is 0.396 e. The molecule has 0 aromatic heterocycles. The molecule has 1 rings (SSSR count). The summed E-state index contributed by atoms with van der Waals surface area (Å²) in [5.41, 5.74) is 0.224. The second kappa shape index (κ2) is 44.8. The third-order valence-corrected chi connectivity index (χ3v) is 15.6. The van der Waals surface area contributed by atoms with Crippen molar-refractivity contribution in [2.24, 2.45) is 29.1 Å². The SMILES string of the molecule is CCCCCCCCCC1C(CCCCCCCCC)C(CCCCCCCCCCCCCCC(CO)(CCCCC)CCCCC)C1CCCCCCCCC.[SiH4]. The van der Waals surface area contributed by atoms with Crippen molar-refractivity contribution in [2.45, 2.75) is 330 Å². The van der Waals surface area contributed by atoms with Gasteiger partial charge in [-0.1, -0.05) is 285 Å². The highest BCUT2D eigenvalue weighted by atomic mass is 28.1. The fourth-order valence-electron chi connectivity index (χ4n) is 11.6. The van der Waals surface area contributed by atoms with Gasteiger partial charge in [0.25, 0.3) is 0 Å². The van der Waals surface area contributed by atoms with E-state index in [4.69, 9.17) is 0 Å². The van der Waals surface area contributed by atoms with Crippen LogP contribution in [-0.2, 0) is 0 Å². The molecule has 0 amide bonds. The van der Waals surface area contributed by atoms with Crippen LogP contribution < -0.4 is 0 Å². The predicted octanol–water partition coefficient (Wildman–Crippen LogP) is 19.0. The predicted molar refractivity (Wildman–Crippen MR) is 276 cm³/mol. The summed E-state index contributed by atoms with van der Waals surface area (Å²) < 4.78 is 0. The van der Waals surface area contributed by atoms with Crippen LogP contribution in [0.3, 0.4) is 0 Å². The molecule has 2 unspecified atom stereocenters. The summed E-state index contributed by atoms with van der Waals surface area (Å²) >= 11 is 0. The highest BCUT2D eigenvalue weighted by molar-refractivity contribution is 5.75. The molecule has 1 nitrogen and oxygen atoms in total. The van der Waals surface area contributed by atoms with E-state index in [0.29, 0.717) is 6.61 Å². The third kappa shape index (κ3) is 31.6.